The number of carbonyl (C=O) groups is 3. The van der Waals surface area contributed by atoms with Crippen molar-refractivity contribution in [3.05, 3.63) is 139 Å². The van der Waals surface area contributed by atoms with Crippen LogP contribution in [0.1, 0.15) is 31.1 Å². The number of fused-ring (bicyclic) bond motifs is 3. The molecule has 6 aromatic carbocycles. The third-order valence-corrected chi connectivity index (χ3v) is 11.4. The van der Waals surface area contributed by atoms with Crippen LogP contribution in [0.25, 0.3) is 32.3 Å². The summed E-state index contributed by atoms with van der Waals surface area (Å²) in [5.41, 5.74) is 0.732. The molecule has 0 bridgehead atoms. The van der Waals surface area contributed by atoms with Gasteiger partial charge < -0.3 is 0 Å². The van der Waals surface area contributed by atoms with Crippen molar-refractivity contribution in [3.63, 3.8) is 0 Å². The Morgan fingerprint density at radius 2 is 0.674 bits per heavy atom. The monoisotopic (exact) mass is 816 g/mol. The molecule has 0 aliphatic heterocycles. The number of hydrogen-bond donors (Lipinski definition) is 0. The molecule has 0 spiro atoms. The fourth-order valence-corrected chi connectivity index (χ4v) is 8.91. The summed E-state index contributed by atoms with van der Waals surface area (Å²) in [6.07, 6.45) is 0. The quantitative estimate of drug-likeness (QED) is 0.156. The van der Waals surface area contributed by atoms with Gasteiger partial charge in [-0.2, -0.15) is 0 Å². The van der Waals surface area contributed by atoms with Crippen molar-refractivity contribution in [1.29, 1.82) is 0 Å². The molecule has 6 nitrogen and oxygen atoms in total. The fraction of sp³-hybridized carbons (Fsp3) is 0. The van der Waals surface area contributed by atoms with E-state index in [9.17, 15) is 14.4 Å². The molecule has 0 fully saturated rings. The van der Waals surface area contributed by atoms with Gasteiger partial charge in [0.15, 0.2) is 0 Å². The summed E-state index contributed by atoms with van der Waals surface area (Å²) in [6.45, 7) is 0. The van der Waals surface area contributed by atoms with E-state index in [0.717, 1.165) is 16.2 Å². The van der Waals surface area contributed by atoms with Crippen LogP contribution in [-0.4, -0.2) is 35.2 Å². The Balaban J connectivity index is 1.37. The Bertz CT molecular complexity index is 1830. The van der Waals surface area contributed by atoms with Gasteiger partial charge in [0.05, 0.1) is 0 Å². The summed E-state index contributed by atoms with van der Waals surface area (Å²) < 4.78 is 19.4. The van der Waals surface area contributed by atoms with E-state index in [1.54, 1.807) is 36.4 Å². The SMILES string of the molecule is O=C([O][Ga]([O]C(=O)c1cccc2cccc(Br)c12)[O]C(=O)c1cccc2cccc(Br)c12)c1cccc2cccc(Br)c12. The molecule has 0 amide bonds. The van der Waals surface area contributed by atoms with Crippen LogP contribution in [0, 0.1) is 0 Å². The second-order valence-electron chi connectivity index (χ2n) is 9.44. The van der Waals surface area contributed by atoms with Crippen molar-refractivity contribution in [2.24, 2.45) is 0 Å². The first-order chi connectivity index (χ1) is 20.8. The molecule has 0 unspecified atom stereocenters. The van der Waals surface area contributed by atoms with Gasteiger partial charge in [0.25, 0.3) is 0 Å². The Morgan fingerprint density at radius 3 is 0.953 bits per heavy atom. The van der Waals surface area contributed by atoms with Crippen LogP contribution in [0.4, 0.5) is 0 Å². The topological polar surface area (TPSA) is 78.9 Å². The summed E-state index contributed by atoms with van der Waals surface area (Å²) in [7, 11) is 0. The van der Waals surface area contributed by atoms with Crippen LogP contribution in [0.15, 0.2) is 123 Å². The number of rotatable bonds is 6. The second-order valence-corrected chi connectivity index (χ2v) is 14.7. The van der Waals surface area contributed by atoms with Crippen LogP contribution >= 0.6 is 47.8 Å². The maximum absolute atomic E-state index is 13.6. The standard InChI is InChI=1S/3C11H7BrO2.Ga/c3*12-9-6-2-4-7-3-1-5-8(10(7)9)11(13)14;/h3*1-6H,(H,13,14);/q;;;+3/p-3. The van der Waals surface area contributed by atoms with Crippen molar-refractivity contribution >= 4 is 115 Å². The summed E-state index contributed by atoms with van der Waals surface area (Å²) in [5.74, 6) is -2.29. The molecular formula is C33H18Br3GaO6. The molecule has 43 heavy (non-hydrogen) atoms. The van der Waals surface area contributed by atoms with Gasteiger partial charge in [-0.25, -0.2) is 0 Å². The van der Waals surface area contributed by atoms with E-state index < -0.39 is 35.2 Å². The van der Waals surface area contributed by atoms with Crippen molar-refractivity contribution in [3.8, 4) is 0 Å². The normalized spacial score (nSPS) is 11.0. The first kappa shape index (κ1) is 29.6. The summed E-state index contributed by atoms with van der Waals surface area (Å²) >= 11 is 6.10. The number of hydrogen-bond acceptors (Lipinski definition) is 6. The fourth-order valence-electron chi connectivity index (χ4n) is 4.92. The Hall–Kier alpha value is -3.41. The first-order valence-electron chi connectivity index (χ1n) is 13.0. The van der Waals surface area contributed by atoms with Gasteiger partial charge in [0, 0.05) is 0 Å². The molecule has 0 aliphatic rings. The predicted molar refractivity (Wildman–Crippen MR) is 177 cm³/mol. The van der Waals surface area contributed by atoms with E-state index in [1.165, 1.54) is 0 Å². The van der Waals surface area contributed by atoms with Crippen molar-refractivity contribution in [2.75, 3.05) is 0 Å². The molecule has 0 atom stereocenters. The number of halogens is 3. The predicted octanol–water partition coefficient (Wildman–Crippen LogP) is 9.29. The molecule has 0 saturated heterocycles. The van der Waals surface area contributed by atoms with E-state index >= 15 is 0 Å². The van der Waals surface area contributed by atoms with Gasteiger partial charge in [0.2, 0.25) is 0 Å². The van der Waals surface area contributed by atoms with E-state index in [2.05, 4.69) is 47.8 Å². The molecule has 0 aliphatic carbocycles. The third-order valence-electron chi connectivity index (χ3n) is 6.83. The van der Waals surface area contributed by atoms with Crippen LogP contribution < -0.4 is 0 Å². The number of benzene rings is 6. The molecule has 210 valence electrons. The Kier molecular flexibility index (Phi) is 8.74. The van der Waals surface area contributed by atoms with Crippen molar-refractivity contribution in [2.45, 2.75) is 0 Å². The first-order valence-corrected chi connectivity index (χ1v) is 18.3. The Labute approximate surface area is 277 Å². The molecule has 10 heteroatoms. The van der Waals surface area contributed by atoms with E-state index in [1.807, 2.05) is 72.8 Å². The Morgan fingerprint density at radius 1 is 0.419 bits per heavy atom. The molecule has 0 aromatic heterocycles. The van der Waals surface area contributed by atoms with Gasteiger partial charge >= 0.3 is 280 Å². The third kappa shape index (κ3) is 6.03. The van der Waals surface area contributed by atoms with Gasteiger partial charge in [0.1, 0.15) is 0 Å². The average Bonchev–Trinajstić information content (AvgIpc) is 3.00. The van der Waals surface area contributed by atoms with Gasteiger partial charge in [-0.1, -0.05) is 0 Å². The van der Waals surface area contributed by atoms with Gasteiger partial charge in [-0.05, 0) is 0 Å². The van der Waals surface area contributed by atoms with Crippen LogP contribution in [0.3, 0.4) is 0 Å². The molecular weight excluding hydrogens is 802 g/mol. The molecule has 6 aromatic rings. The van der Waals surface area contributed by atoms with Crippen molar-refractivity contribution < 1.29 is 25.0 Å². The maximum atomic E-state index is 13.6. The summed E-state index contributed by atoms with van der Waals surface area (Å²) in [6, 6.07) is 32.2. The number of carbonyl (C=O) groups excluding carboxylic acids is 3. The molecule has 0 saturated carbocycles. The minimum absolute atomic E-state index is 0.244. The summed E-state index contributed by atoms with van der Waals surface area (Å²) in [5, 5.41) is 4.31. The zero-order chi connectivity index (χ0) is 30.1. The molecule has 0 N–H and O–H groups in total. The average molecular weight is 820 g/mol. The second kappa shape index (κ2) is 12.7. The van der Waals surface area contributed by atoms with E-state index in [4.69, 9.17) is 10.6 Å². The van der Waals surface area contributed by atoms with Gasteiger partial charge in [-0.3, -0.25) is 0 Å². The molecule has 0 heterocycles. The van der Waals surface area contributed by atoms with Crippen molar-refractivity contribution in [1.82, 2.24) is 0 Å². The van der Waals surface area contributed by atoms with Crippen LogP contribution in [-0.2, 0) is 10.6 Å². The van der Waals surface area contributed by atoms with Crippen LogP contribution in [0.5, 0.6) is 0 Å². The van der Waals surface area contributed by atoms with Gasteiger partial charge in [-0.15, -0.1) is 0 Å². The molecule has 6 rings (SSSR count). The van der Waals surface area contributed by atoms with Crippen LogP contribution in [0.2, 0.25) is 0 Å². The minimum atomic E-state index is -4.43. The zero-order valence-electron chi connectivity index (χ0n) is 22.1. The zero-order valence-corrected chi connectivity index (χ0v) is 29.2. The molecule has 0 radical (unpaired) electrons. The van der Waals surface area contributed by atoms with E-state index in [-0.39, 0.29) is 16.7 Å². The summed E-state index contributed by atoms with van der Waals surface area (Å²) in [4.78, 5) is 40.8. The van der Waals surface area contributed by atoms with E-state index in [0.29, 0.717) is 29.6 Å².